The molecule has 2 heterocycles. The Morgan fingerprint density at radius 2 is 2.48 bits per heavy atom. The van der Waals surface area contributed by atoms with Crippen LogP contribution in [0.4, 0.5) is 0 Å². The smallest absolute Gasteiger partial charge is 0.188 e. The molecule has 0 bridgehead atoms. The van der Waals surface area contributed by atoms with E-state index < -0.39 is 0 Å². The molecular weight excluding hydrogens is 280 g/mol. The summed E-state index contributed by atoms with van der Waals surface area (Å²) in [4.78, 5) is 8.42. The van der Waals surface area contributed by atoms with Crippen molar-refractivity contribution in [3.05, 3.63) is 22.4 Å². The van der Waals surface area contributed by atoms with E-state index in [1.807, 2.05) is 11.3 Å². The Labute approximate surface area is 132 Å². The minimum Gasteiger partial charge on any atom is -0.370 e. The van der Waals surface area contributed by atoms with Crippen LogP contribution in [-0.4, -0.2) is 43.1 Å². The van der Waals surface area contributed by atoms with E-state index in [1.165, 1.54) is 24.3 Å². The minimum atomic E-state index is 0.530. The molecule has 1 fully saturated rings. The van der Waals surface area contributed by atoms with Crippen LogP contribution in [0.15, 0.2) is 22.5 Å². The molecule has 0 saturated carbocycles. The number of likely N-dealkylation sites (N-methyl/N-ethyl adjacent to an activating group) is 1. The molecule has 1 aliphatic heterocycles. The molecular formula is C16H28N4S. The highest BCUT2D eigenvalue weighted by molar-refractivity contribution is 7.09. The number of hydrogen-bond donors (Lipinski definition) is 2. The Hall–Kier alpha value is -1.07. The van der Waals surface area contributed by atoms with Gasteiger partial charge in [0.15, 0.2) is 5.96 Å². The lowest BCUT2D eigenvalue weighted by molar-refractivity contribution is 0.267. The lowest BCUT2D eigenvalue weighted by Crippen LogP contribution is -2.42. The van der Waals surface area contributed by atoms with Gasteiger partial charge in [-0.15, -0.1) is 11.3 Å². The molecule has 1 aromatic rings. The summed E-state index contributed by atoms with van der Waals surface area (Å²) in [5.74, 6) is 1.12. The first-order valence-electron chi connectivity index (χ1n) is 7.99. The Bertz CT molecular complexity index is 429. The van der Waals surface area contributed by atoms with Crippen molar-refractivity contribution in [1.29, 1.82) is 0 Å². The van der Waals surface area contributed by atoms with Crippen LogP contribution in [0, 0.1) is 5.92 Å². The third-order valence-electron chi connectivity index (χ3n) is 4.13. The third kappa shape index (κ3) is 5.32. The highest BCUT2D eigenvalue weighted by Gasteiger charge is 2.22. The van der Waals surface area contributed by atoms with Crippen LogP contribution in [-0.2, 0) is 6.42 Å². The first kappa shape index (κ1) is 16.3. The molecule has 0 radical (unpaired) electrons. The highest BCUT2D eigenvalue weighted by Crippen LogP contribution is 2.16. The number of nitrogens with one attached hydrogen (secondary N) is 1. The van der Waals surface area contributed by atoms with Crippen molar-refractivity contribution in [2.24, 2.45) is 16.6 Å². The maximum atomic E-state index is 5.98. The number of hydrogen-bond acceptors (Lipinski definition) is 3. The molecule has 0 amide bonds. The van der Waals surface area contributed by atoms with Crippen LogP contribution >= 0.6 is 11.3 Å². The van der Waals surface area contributed by atoms with Crippen molar-refractivity contribution < 1.29 is 0 Å². The fourth-order valence-electron chi connectivity index (χ4n) is 2.91. The fourth-order valence-corrected chi connectivity index (χ4v) is 3.78. The summed E-state index contributed by atoms with van der Waals surface area (Å²) >= 11 is 1.81. The van der Waals surface area contributed by atoms with Crippen LogP contribution in [0.5, 0.6) is 0 Å². The van der Waals surface area contributed by atoms with Gasteiger partial charge in [-0.25, -0.2) is 0 Å². The van der Waals surface area contributed by atoms with E-state index in [0.717, 1.165) is 26.1 Å². The molecule has 2 rings (SSSR count). The molecule has 0 aromatic carbocycles. The number of aliphatic imine (C=N–C) groups is 1. The van der Waals surface area contributed by atoms with Crippen molar-refractivity contribution in [2.45, 2.75) is 39.2 Å². The van der Waals surface area contributed by atoms with Crippen LogP contribution in [0.25, 0.3) is 0 Å². The summed E-state index contributed by atoms with van der Waals surface area (Å²) in [6, 6.07) is 4.91. The Morgan fingerprint density at radius 3 is 3.19 bits per heavy atom. The Balaban J connectivity index is 1.68. The standard InChI is InChI=1S/C16H28N4S/c1-3-20-8-4-6-14(20)12-19-16(17)18-11-13(2)10-15-7-5-9-21-15/h5,7,9,13-14H,3-4,6,8,10-12H2,1-2H3,(H3,17,18,19). The van der Waals surface area contributed by atoms with Crippen LogP contribution in [0.3, 0.4) is 0 Å². The quantitative estimate of drug-likeness (QED) is 0.600. The van der Waals surface area contributed by atoms with Gasteiger partial charge in [-0.3, -0.25) is 9.89 Å². The van der Waals surface area contributed by atoms with Crippen molar-refractivity contribution in [2.75, 3.05) is 26.2 Å². The third-order valence-corrected chi connectivity index (χ3v) is 5.03. The highest BCUT2D eigenvalue weighted by atomic mass is 32.1. The second-order valence-corrected chi connectivity index (χ2v) is 6.95. The number of thiophene rings is 1. The second-order valence-electron chi connectivity index (χ2n) is 5.92. The molecule has 2 atom stereocenters. The van der Waals surface area contributed by atoms with Crippen molar-refractivity contribution in [1.82, 2.24) is 10.2 Å². The van der Waals surface area contributed by atoms with Crippen LogP contribution in [0.2, 0.25) is 0 Å². The summed E-state index contributed by atoms with van der Waals surface area (Å²) in [5.41, 5.74) is 5.98. The molecule has 1 aromatic heterocycles. The van der Waals surface area contributed by atoms with E-state index in [1.54, 1.807) is 0 Å². The number of likely N-dealkylation sites (tertiary alicyclic amines) is 1. The van der Waals surface area contributed by atoms with E-state index in [0.29, 0.717) is 17.9 Å². The lowest BCUT2D eigenvalue weighted by Gasteiger charge is -2.23. The van der Waals surface area contributed by atoms with E-state index in [9.17, 15) is 0 Å². The van der Waals surface area contributed by atoms with Gasteiger partial charge in [0.2, 0.25) is 0 Å². The van der Waals surface area contributed by atoms with E-state index in [-0.39, 0.29) is 0 Å². The van der Waals surface area contributed by atoms with Gasteiger partial charge in [0.05, 0.1) is 0 Å². The normalized spacial score (nSPS) is 21.6. The van der Waals surface area contributed by atoms with E-state index >= 15 is 0 Å². The second kappa shape index (κ2) is 8.39. The van der Waals surface area contributed by atoms with Gasteiger partial charge in [0.1, 0.15) is 0 Å². The molecule has 0 aliphatic carbocycles. The number of nitrogens with zero attached hydrogens (tertiary/aromatic N) is 2. The summed E-state index contributed by atoms with van der Waals surface area (Å²) in [6.45, 7) is 8.51. The minimum absolute atomic E-state index is 0.530. The molecule has 118 valence electrons. The van der Waals surface area contributed by atoms with Gasteiger partial charge in [-0.1, -0.05) is 19.9 Å². The number of guanidine groups is 1. The first-order valence-corrected chi connectivity index (χ1v) is 8.87. The van der Waals surface area contributed by atoms with E-state index in [4.69, 9.17) is 5.73 Å². The van der Waals surface area contributed by atoms with Gasteiger partial charge in [-0.2, -0.15) is 0 Å². The average Bonchev–Trinajstić information content (AvgIpc) is 3.13. The zero-order valence-electron chi connectivity index (χ0n) is 13.2. The summed E-state index contributed by atoms with van der Waals surface area (Å²) in [7, 11) is 0. The van der Waals surface area contributed by atoms with E-state index in [2.05, 4.69) is 46.6 Å². The van der Waals surface area contributed by atoms with Crippen molar-refractivity contribution >= 4 is 17.3 Å². The average molecular weight is 308 g/mol. The largest absolute Gasteiger partial charge is 0.370 e. The zero-order chi connectivity index (χ0) is 15.1. The summed E-state index contributed by atoms with van der Waals surface area (Å²) in [5, 5.41) is 5.42. The van der Waals surface area contributed by atoms with Crippen LogP contribution < -0.4 is 11.1 Å². The van der Waals surface area contributed by atoms with Gasteiger partial charge in [0, 0.05) is 24.0 Å². The Morgan fingerprint density at radius 1 is 1.62 bits per heavy atom. The predicted molar refractivity (Wildman–Crippen MR) is 91.9 cm³/mol. The molecule has 0 spiro atoms. The number of rotatable bonds is 7. The maximum absolute atomic E-state index is 5.98. The zero-order valence-corrected chi connectivity index (χ0v) is 14.0. The fraction of sp³-hybridized carbons (Fsp3) is 0.688. The topological polar surface area (TPSA) is 53.6 Å². The predicted octanol–water partition coefficient (Wildman–Crippen LogP) is 2.32. The molecule has 3 N–H and O–H groups in total. The molecule has 4 nitrogen and oxygen atoms in total. The lowest BCUT2D eigenvalue weighted by atomic mass is 10.1. The monoisotopic (exact) mass is 308 g/mol. The SMILES string of the molecule is CCN1CCCC1CNC(N)=NCC(C)Cc1cccs1. The van der Waals surface area contributed by atoms with Gasteiger partial charge in [0.25, 0.3) is 0 Å². The molecule has 1 aliphatic rings. The molecule has 21 heavy (non-hydrogen) atoms. The Kier molecular flexibility index (Phi) is 6.51. The van der Waals surface area contributed by atoms with Crippen molar-refractivity contribution in [3.63, 3.8) is 0 Å². The van der Waals surface area contributed by atoms with Crippen molar-refractivity contribution in [3.8, 4) is 0 Å². The molecule has 2 unspecified atom stereocenters. The van der Waals surface area contributed by atoms with Gasteiger partial charge in [-0.05, 0) is 49.7 Å². The summed E-state index contributed by atoms with van der Waals surface area (Å²) in [6.07, 6.45) is 3.65. The van der Waals surface area contributed by atoms with Gasteiger partial charge < -0.3 is 11.1 Å². The maximum Gasteiger partial charge on any atom is 0.188 e. The molecule has 5 heteroatoms. The van der Waals surface area contributed by atoms with Crippen LogP contribution in [0.1, 0.15) is 31.6 Å². The number of nitrogens with two attached hydrogens (primary N) is 1. The molecule has 1 saturated heterocycles. The summed E-state index contributed by atoms with van der Waals surface area (Å²) < 4.78 is 0. The first-order chi connectivity index (χ1) is 10.2. The van der Waals surface area contributed by atoms with Gasteiger partial charge >= 0.3 is 0 Å².